The minimum absolute atomic E-state index is 0.132. The van der Waals surface area contributed by atoms with E-state index in [1.54, 1.807) is 17.4 Å². The van der Waals surface area contributed by atoms with E-state index < -0.39 is 0 Å². The number of aromatic nitrogens is 2. The second kappa shape index (κ2) is 7.98. The molecule has 25 heavy (non-hydrogen) atoms. The van der Waals surface area contributed by atoms with Crippen molar-refractivity contribution in [2.75, 3.05) is 13.2 Å². The molecular weight excluding hydrogens is 334 g/mol. The van der Waals surface area contributed by atoms with Crippen molar-refractivity contribution in [2.24, 2.45) is 0 Å². The number of amides is 1. The summed E-state index contributed by atoms with van der Waals surface area (Å²) in [6, 6.07) is 13.4. The summed E-state index contributed by atoms with van der Waals surface area (Å²) in [7, 11) is 0. The topological polar surface area (TPSA) is 56.1 Å². The molecule has 1 N–H and O–H groups in total. The van der Waals surface area contributed by atoms with E-state index in [1.807, 2.05) is 48.2 Å². The second-order valence-corrected chi connectivity index (χ2v) is 6.50. The number of hydrogen-bond acceptors (Lipinski definition) is 4. The van der Waals surface area contributed by atoms with E-state index in [0.717, 1.165) is 16.3 Å². The molecule has 0 bridgehead atoms. The highest BCUT2D eigenvalue weighted by Crippen LogP contribution is 2.23. The van der Waals surface area contributed by atoms with Gasteiger partial charge in [-0.25, -0.2) is 0 Å². The standard InChI is InChI=1S/C19H21N3O2S/c1-3-24-17-8-5-4-7-15(17)19(23)20-10-11-22-14(2)13-16(21-22)18-9-6-12-25-18/h4-9,12-13H,3,10-11H2,1-2H3,(H,20,23). The van der Waals surface area contributed by atoms with Crippen LogP contribution in [0.25, 0.3) is 10.6 Å². The van der Waals surface area contributed by atoms with Crippen molar-refractivity contribution < 1.29 is 9.53 Å². The quantitative estimate of drug-likeness (QED) is 0.702. The Kier molecular flexibility index (Phi) is 5.50. The Hall–Kier alpha value is -2.60. The third-order valence-corrected chi connectivity index (χ3v) is 4.69. The number of aryl methyl sites for hydroxylation is 1. The van der Waals surface area contributed by atoms with Crippen molar-refractivity contribution in [1.82, 2.24) is 15.1 Å². The number of hydrogen-bond donors (Lipinski definition) is 1. The number of benzene rings is 1. The first-order valence-corrected chi connectivity index (χ1v) is 9.15. The summed E-state index contributed by atoms with van der Waals surface area (Å²) in [5, 5.41) is 9.60. The zero-order chi connectivity index (χ0) is 17.6. The summed E-state index contributed by atoms with van der Waals surface area (Å²) in [4.78, 5) is 13.5. The SMILES string of the molecule is CCOc1ccccc1C(=O)NCCn1nc(-c2cccs2)cc1C. The molecule has 2 aromatic heterocycles. The smallest absolute Gasteiger partial charge is 0.255 e. The van der Waals surface area contributed by atoms with Gasteiger partial charge in [-0.3, -0.25) is 9.48 Å². The fourth-order valence-electron chi connectivity index (χ4n) is 2.59. The van der Waals surface area contributed by atoms with E-state index in [2.05, 4.69) is 22.5 Å². The van der Waals surface area contributed by atoms with Gasteiger partial charge in [-0.1, -0.05) is 18.2 Å². The van der Waals surface area contributed by atoms with Gasteiger partial charge >= 0.3 is 0 Å². The molecule has 0 saturated carbocycles. The van der Waals surface area contributed by atoms with Crippen molar-refractivity contribution >= 4 is 17.2 Å². The number of ether oxygens (including phenoxy) is 1. The number of carbonyl (C=O) groups is 1. The van der Waals surface area contributed by atoms with Crippen LogP contribution in [0.1, 0.15) is 23.0 Å². The van der Waals surface area contributed by atoms with Crippen LogP contribution in [0.5, 0.6) is 5.75 Å². The molecule has 0 radical (unpaired) electrons. The van der Waals surface area contributed by atoms with E-state index >= 15 is 0 Å². The van der Waals surface area contributed by atoms with Crippen molar-refractivity contribution in [2.45, 2.75) is 20.4 Å². The summed E-state index contributed by atoms with van der Waals surface area (Å²) < 4.78 is 7.43. The summed E-state index contributed by atoms with van der Waals surface area (Å²) in [5.74, 6) is 0.477. The van der Waals surface area contributed by atoms with Crippen molar-refractivity contribution in [1.29, 1.82) is 0 Å². The van der Waals surface area contributed by atoms with E-state index in [1.165, 1.54) is 0 Å². The molecule has 3 aromatic rings. The second-order valence-electron chi connectivity index (χ2n) is 5.56. The van der Waals surface area contributed by atoms with Gasteiger partial charge in [0.15, 0.2) is 0 Å². The van der Waals surface area contributed by atoms with Crippen molar-refractivity contribution in [3.05, 3.63) is 59.1 Å². The average molecular weight is 355 g/mol. The maximum atomic E-state index is 12.4. The normalized spacial score (nSPS) is 10.6. The Morgan fingerprint density at radius 3 is 2.88 bits per heavy atom. The molecule has 3 rings (SSSR count). The Bertz CT molecular complexity index is 840. The predicted molar refractivity (Wildman–Crippen MR) is 100 cm³/mol. The van der Waals surface area contributed by atoms with Crippen molar-refractivity contribution in [3.63, 3.8) is 0 Å². The minimum Gasteiger partial charge on any atom is -0.493 e. The highest BCUT2D eigenvalue weighted by atomic mass is 32.1. The summed E-state index contributed by atoms with van der Waals surface area (Å²) in [6.45, 7) is 5.59. The molecule has 0 fully saturated rings. The maximum Gasteiger partial charge on any atom is 0.255 e. The fraction of sp³-hybridized carbons (Fsp3) is 0.263. The number of nitrogens with zero attached hydrogens (tertiary/aromatic N) is 2. The van der Waals surface area contributed by atoms with Gasteiger partial charge in [-0.15, -0.1) is 11.3 Å². The van der Waals surface area contributed by atoms with Gasteiger partial charge in [0, 0.05) is 12.2 Å². The first-order chi connectivity index (χ1) is 12.2. The van der Waals surface area contributed by atoms with Gasteiger partial charge in [0.2, 0.25) is 0 Å². The molecule has 130 valence electrons. The predicted octanol–water partition coefficient (Wildman–Crippen LogP) is 3.75. The van der Waals surface area contributed by atoms with Crippen LogP contribution in [0, 0.1) is 6.92 Å². The number of thiophene rings is 1. The minimum atomic E-state index is -0.132. The van der Waals surface area contributed by atoms with Gasteiger partial charge in [-0.05, 0) is 43.5 Å². The van der Waals surface area contributed by atoms with Crippen LogP contribution >= 0.6 is 11.3 Å². The summed E-state index contributed by atoms with van der Waals surface area (Å²) in [5.41, 5.74) is 2.61. The zero-order valence-electron chi connectivity index (χ0n) is 14.4. The molecule has 0 aliphatic carbocycles. The Morgan fingerprint density at radius 2 is 2.12 bits per heavy atom. The Morgan fingerprint density at radius 1 is 1.28 bits per heavy atom. The number of carbonyl (C=O) groups excluding carboxylic acids is 1. The number of nitrogens with one attached hydrogen (secondary N) is 1. The van der Waals surface area contributed by atoms with E-state index in [-0.39, 0.29) is 5.91 Å². The molecule has 0 aliphatic rings. The lowest BCUT2D eigenvalue weighted by atomic mass is 10.2. The highest BCUT2D eigenvalue weighted by Gasteiger charge is 2.12. The Balaban J connectivity index is 1.61. The number of para-hydroxylation sites is 1. The number of rotatable bonds is 7. The third kappa shape index (κ3) is 4.09. The van der Waals surface area contributed by atoms with Gasteiger partial charge < -0.3 is 10.1 Å². The molecule has 0 atom stereocenters. The van der Waals surface area contributed by atoms with Crippen LogP contribution in [0.15, 0.2) is 47.8 Å². The monoisotopic (exact) mass is 355 g/mol. The zero-order valence-corrected chi connectivity index (χ0v) is 15.2. The van der Waals surface area contributed by atoms with Gasteiger partial charge in [0.1, 0.15) is 11.4 Å². The average Bonchev–Trinajstić information content (AvgIpc) is 3.26. The lowest BCUT2D eigenvalue weighted by Gasteiger charge is -2.11. The van der Waals surface area contributed by atoms with Gasteiger partial charge in [0.05, 0.1) is 23.6 Å². The molecule has 2 heterocycles. The lowest BCUT2D eigenvalue weighted by Crippen LogP contribution is -2.28. The molecule has 1 aromatic carbocycles. The first-order valence-electron chi connectivity index (χ1n) is 8.27. The van der Waals surface area contributed by atoms with E-state index in [9.17, 15) is 4.79 Å². The summed E-state index contributed by atoms with van der Waals surface area (Å²) in [6.07, 6.45) is 0. The van der Waals surface area contributed by atoms with Crippen LogP contribution < -0.4 is 10.1 Å². The lowest BCUT2D eigenvalue weighted by molar-refractivity contribution is 0.0948. The maximum absolute atomic E-state index is 12.4. The molecule has 0 saturated heterocycles. The van der Waals surface area contributed by atoms with Gasteiger partial charge in [-0.2, -0.15) is 5.10 Å². The van der Waals surface area contributed by atoms with E-state index in [4.69, 9.17) is 4.74 Å². The van der Waals surface area contributed by atoms with E-state index in [0.29, 0.717) is 31.0 Å². The van der Waals surface area contributed by atoms with Crippen LogP contribution in [0.4, 0.5) is 0 Å². The summed E-state index contributed by atoms with van der Waals surface area (Å²) >= 11 is 1.67. The van der Waals surface area contributed by atoms with Gasteiger partial charge in [0.25, 0.3) is 5.91 Å². The first kappa shape index (κ1) is 17.2. The van der Waals surface area contributed by atoms with Crippen molar-refractivity contribution in [3.8, 4) is 16.3 Å². The molecule has 0 spiro atoms. The van der Waals surface area contributed by atoms with Crippen LogP contribution in [0.2, 0.25) is 0 Å². The molecule has 0 aliphatic heterocycles. The largest absolute Gasteiger partial charge is 0.493 e. The molecule has 1 amide bonds. The molecule has 0 unspecified atom stereocenters. The fourth-order valence-corrected chi connectivity index (χ4v) is 3.27. The van der Waals surface area contributed by atoms with Crippen LogP contribution in [-0.2, 0) is 6.54 Å². The highest BCUT2D eigenvalue weighted by molar-refractivity contribution is 7.13. The molecule has 5 nitrogen and oxygen atoms in total. The Labute approximate surface area is 151 Å². The molecular formula is C19H21N3O2S. The third-order valence-electron chi connectivity index (χ3n) is 3.80. The molecule has 6 heteroatoms. The van der Waals surface area contributed by atoms with Crippen LogP contribution in [-0.4, -0.2) is 28.8 Å². The van der Waals surface area contributed by atoms with Crippen LogP contribution in [0.3, 0.4) is 0 Å².